The summed E-state index contributed by atoms with van der Waals surface area (Å²) in [6, 6.07) is 15.4. The van der Waals surface area contributed by atoms with Crippen LogP contribution in [0.1, 0.15) is 52.2 Å². The van der Waals surface area contributed by atoms with Crippen LogP contribution in [0.5, 0.6) is 0 Å². The number of rotatable bonds is 10. The Kier molecular flexibility index (Phi) is 8.72. The lowest BCUT2D eigenvalue weighted by molar-refractivity contribution is 0.0872. The molecule has 1 amide bonds. The maximum atomic E-state index is 12.3. The smallest absolute Gasteiger partial charge is 0.414 e. The van der Waals surface area contributed by atoms with Crippen molar-refractivity contribution in [3.63, 3.8) is 0 Å². The van der Waals surface area contributed by atoms with Crippen LogP contribution in [-0.2, 0) is 15.9 Å². The maximum Gasteiger partial charge on any atom is 0.414 e. The molecule has 0 spiro atoms. The highest BCUT2D eigenvalue weighted by molar-refractivity contribution is 5.84. The number of aliphatic hydroxyl groups excluding tert-OH is 2. The molecule has 2 aromatic carbocycles. The van der Waals surface area contributed by atoms with Gasteiger partial charge in [0.2, 0.25) is 6.29 Å². The molecule has 0 aliphatic carbocycles. The molecule has 1 fully saturated rings. The number of amides is 1. The summed E-state index contributed by atoms with van der Waals surface area (Å²) in [6.07, 6.45) is 2.13. The van der Waals surface area contributed by atoms with Gasteiger partial charge in [0.15, 0.2) is 5.60 Å². The van der Waals surface area contributed by atoms with Crippen molar-refractivity contribution in [2.75, 3.05) is 10.6 Å². The Labute approximate surface area is 207 Å². The van der Waals surface area contributed by atoms with E-state index in [1.165, 1.54) is 0 Å². The fraction of sp³-hybridized carbons (Fsp3) is 0.393. The molecule has 1 saturated heterocycles. The molecule has 7 heteroatoms. The minimum Gasteiger partial charge on any atom is -0.416 e. The van der Waals surface area contributed by atoms with Crippen molar-refractivity contribution >= 4 is 17.5 Å². The van der Waals surface area contributed by atoms with Crippen LogP contribution in [0, 0.1) is 0 Å². The minimum atomic E-state index is -0.887. The summed E-state index contributed by atoms with van der Waals surface area (Å²) in [5.41, 5.74) is 4.76. The molecule has 4 N–H and O–H groups in total. The zero-order valence-corrected chi connectivity index (χ0v) is 21.0. The van der Waals surface area contributed by atoms with Crippen molar-refractivity contribution in [2.24, 2.45) is 0 Å². The van der Waals surface area contributed by atoms with Crippen LogP contribution in [0.3, 0.4) is 0 Å². The second-order valence-corrected chi connectivity index (χ2v) is 9.35. The topological polar surface area (TPSA) is 103 Å². The van der Waals surface area contributed by atoms with Crippen LogP contribution >= 0.6 is 0 Å². The predicted molar refractivity (Wildman–Crippen MR) is 138 cm³/mol. The van der Waals surface area contributed by atoms with Gasteiger partial charge in [0.05, 0.1) is 6.10 Å². The third-order valence-electron chi connectivity index (χ3n) is 6.15. The van der Waals surface area contributed by atoms with E-state index in [1.54, 1.807) is 6.92 Å². The van der Waals surface area contributed by atoms with Gasteiger partial charge in [0.1, 0.15) is 6.23 Å². The zero-order valence-electron chi connectivity index (χ0n) is 21.0. The van der Waals surface area contributed by atoms with Gasteiger partial charge in [-0.3, -0.25) is 5.32 Å². The molecule has 1 aliphatic rings. The predicted octanol–water partition coefficient (Wildman–Crippen LogP) is 5.35. The van der Waals surface area contributed by atoms with Gasteiger partial charge < -0.3 is 25.0 Å². The third kappa shape index (κ3) is 7.42. The summed E-state index contributed by atoms with van der Waals surface area (Å²) in [7, 11) is 0. The molecule has 0 bridgehead atoms. The van der Waals surface area contributed by atoms with Gasteiger partial charge in [0, 0.05) is 11.4 Å². The Morgan fingerprint density at radius 3 is 2.17 bits per heavy atom. The largest absolute Gasteiger partial charge is 0.416 e. The lowest BCUT2D eigenvalue weighted by Gasteiger charge is -2.15. The van der Waals surface area contributed by atoms with Crippen LogP contribution in [-0.4, -0.2) is 40.5 Å². The number of nitrogens with one attached hydrogen (secondary N) is 2. The van der Waals surface area contributed by atoms with E-state index in [9.17, 15) is 15.0 Å². The van der Waals surface area contributed by atoms with Crippen molar-refractivity contribution < 1.29 is 24.5 Å². The summed E-state index contributed by atoms with van der Waals surface area (Å²) in [5.74, 6) is 0. The van der Waals surface area contributed by atoms with E-state index in [0.29, 0.717) is 12.1 Å². The van der Waals surface area contributed by atoms with E-state index >= 15 is 0 Å². The number of benzene rings is 2. The van der Waals surface area contributed by atoms with E-state index < -0.39 is 30.3 Å². The number of carbonyl (C=O) groups is 1. The Morgan fingerprint density at radius 1 is 1.06 bits per heavy atom. The number of hydrogen-bond donors (Lipinski definition) is 4. The molecule has 3 rings (SSSR count). The summed E-state index contributed by atoms with van der Waals surface area (Å²) >= 11 is 0. The third-order valence-corrected chi connectivity index (χ3v) is 6.15. The van der Waals surface area contributed by atoms with E-state index in [0.717, 1.165) is 34.4 Å². The molecule has 35 heavy (non-hydrogen) atoms. The number of hydrogen-bond acceptors (Lipinski definition) is 6. The number of ether oxygens (including phenoxy) is 2. The van der Waals surface area contributed by atoms with Crippen molar-refractivity contribution in [3.8, 4) is 0 Å². The summed E-state index contributed by atoms with van der Waals surface area (Å²) < 4.78 is 10.8. The van der Waals surface area contributed by atoms with Crippen LogP contribution < -0.4 is 10.6 Å². The van der Waals surface area contributed by atoms with Crippen LogP contribution in [0.15, 0.2) is 71.8 Å². The average Bonchev–Trinajstić information content (AvgIpc) is 3.49. The molecule has 7 nitrogen and oxygen atoms in total. The SMILES string of the molecule is CC=C(C)C(O)Nc1ccc(Cc2ccc(NC(=O)OC3OC3(C)C(O)CC=C(C)C)cc2)cc1. The first-order chi connectivity index (χ1) is 16.6. The van der Waals surface area contributed by atoms with Crippen LogP contribution in [0.4, 0.5) is 16.2 Å². The molecule has 4 unspecified atom stereocenters. The van der Waals surface area contributed by atoms with Crippen LogP contribution in [0.25, 0.3) is 0 Å². The van der Waals surface area contributed by atoms with Gasteiger partial charge >= 0.3 is 6.09 Å². The van der Waals surface area contributed by atoms with E-state index in [4.69, 9.17) is 9.47 Å². The van der Waals surface area contributed by atoms with Gasteiger partial charge in [-0.2, -0.15) is 0 Å². The van der Waals surface area contributed by atoms with Gasteiger partial charge in [-0.15, -0.1) is 0 Å². The quantitative estimate of drug-likeness (QED) is 0.208. The Bertz CT molecular complexity index is 1060. The molecule has 1 heterocycles. The zero-order chi connectivity index (χ0) is 25.6. The van der Waals surface area contributed by atoms with Gasteiger partial charge in [0.25, 0.3) is 0 Å². The fourth-order valence-corrected chi connectivity index (χ4v) is 3.49. The summed E-state index contributed by atoms with van der Waals surface area (Å²) in [6.45, 7) is 9.42. The first-order valence-electron chi connectivity index (χ1n) is 11.8. The van der Waals surface area contributed by atoms with E-state index in [2.05, 4.69) is 10.6 Å². The van der Waals surface area contributed by atoms with Gasteiger partial charge in [-0.25, -0.2) is 4.79 Å². The molecule has 0 aromatic heterocycles. The Balaban J connectivity index is 1.47. The van der Waals surface area contributed by atoms with E-state index in [1.807, 2.05) is 88.4 Å². The standard InChI is InChI=1S/C28H36N2O5/c1-6-19(4)25(32)29-22-12-8-20(9-13-22)17-21-10-14-23(15-11-21)30-27(33)34-26-28(5,35-26)24(31)16-7-18(2)3/h6-15,24-26,29,31-32H,16-17H2,1-5H3,(H,30,33). The second-order valence-electron chi connectivity index (χ2n) is 9.35. The number of aliphatic hydroxyl groups is 2. The minimum absolute atomic E-state index is 0.443. The monoisotopic (exact) mass is 480 g/mol. The first-order valence-corrected chi connectivity index (χ1v) is 11.8. The fourth-order valence-electron chi connectivity index (χ4n) is 3.49. The molecule has 0 saturated carbocycles. The molecular weight excluding hydrogens is 444 g/mol. The molecule has 4 atom stereocenters. The van der Waals surface area contributed by atoms with Crippen LogP contribution in [0.2, 0.25) is 0 Å². The highest BCUT2D eigenvalue weighted by Gasteiger charge is 2.60. The Hall–Kier alpha value is -3.13. The normalized spacial score (nSPS) is 21.0. The average molecular weight is 481 g/mol. The molecular formula is C28H36N2O5. The number of carbonyl (C=O) groups excluding carboxylic acids is 1. The highest BCUT2D eigenvalue weighted by Crippen LogP contribution is 2.41. The van der Waals surface area contributed by atoms with E-state index in [-0.39, 0.29) is 0 Å². The van der Waals surface area contributed by atoms with Crippen molar-refractivity contribution in [1.29, 1.82) is 0 Å². The summed E-state index contributed by atoms with van der Waals surface area (Å²) in [4.78, 5) is 12.3. The van der Waals surface area contributed by atoms with Gasteiger partial charge in [-0.1, -0.05) is 42.0 Å². The summed E-state index contributed by atoms with van der Waals surface area (Å²) in [5, 5.41) is 26.1. The van der Waals surface area contributed by atoms with Crippen molar-refractivity contribution in [1.82, 2.24) is 0 Å². The molecule has 2 aromatic rings. The first kappa shape index (κ1) is 26.5. The Morgan fingerprint density at radius 2 is 1.63 bits per heavy atom. The highest BCUT2D eigenvalue weighted by atomic mass is 16.8. The van der Waals surface area contributed by atoms with Gasteiger partial charge in [-0.05, 0) is 88.4 Å². The lowest BCUT2D eigenvalue weighted by atomic mass is 10.0. The van der Waals surface area contributed by atoms with Crippen molar-refractivity contribution in [3.05, 3.63) is 83.0 Å². The second kappa shape index (κ2) is 11.5. The molecule has 0 radical (unpaired) electrons. The number of anilines is 2. The maximum absolute atomic E-state index is 12.3. The lowest BCUT2D eigenvalue weighted by Crippen LogP contribution is -2.31. The van der Waals surface area contributed by atoms with Crippen molar-refractivity contribution in [2.45, 2.75) is 71.7 Å². The molecule has 188 valence electrons. The number of epoxide rings is 1. The molecule has 1 aliphatic heterocycles. The number of allylic oxidation sites excluding steroid dienone is 2.